The van der Waals surface area contributed by atoms with E-state index in [-0.39, 0.29) is 28.1 Å². The number of methoxy groups -OCH3 is 3. The summed E-state index contributed by atoms with van der Waals surface area (Å²) in [6, 6.07) is 24.6. The van der Waals surface area contributed by atoms with Crippen molar-refractivity contribution in [2.75, 3.05) is 21.3 Å². The molecule has 0 amide bonds. The first kappa shape index (κ1) is 26.8. The van der Waals surface area contributed by atoms with Crippen molar-refractivity contribution in [2.24, 2.45) is 0 Å². The number of hydrogen-bond acceptors (Lipinski definition) is 8. The first-order valence-electron chi connectivity index (χ1n) is 11.8. The summed E-state index contributed by atoms with van der Waals surface area (Å²) in [4.78, 5) is 24.3. The minimum atomic E-state index is -0.437. The minimum Gasteiger partial charge on any atom is -0.507 e. The van der Waals surface area contributed by atoms with Gasteiger partial charge in [-0.05, 0) is 48.5 Å². The molecule has 5 rings (SSSR count). The van der Waals surface area contributed by atoms with Gasteiger partial charge in [-0.2, -0.15) is 0 Å². The van der Waals surface area contributed by atoms with E-state index >= 15 is 0 Å². The van der Waals surface area contributed by atoms with Crippen molar-refractivity contribution < 1.29 is 33.6 Å². The van der Waals surface area contributed by atoms with Crippen LogP contribution >= 0.6 is 0 Å². The van der Waals surface area contributed by atoms with Gasteiger partial charge >= 0.3 is 0 Å². The van der Waals surface area contributed by atoms with Crippen LogP contribution in [0, 0.1) is 0 Å². The van der Waals surface area contributed by atoms with Gasteiger partial charge in [-0.25, -0.2) is 0 Å². The van der Waals surface area contributed by atoms with Gasteiger partial charge in [0, 0.05) is 23.8 Å². The van der Waals surface area contributed by atoms with Crippen molar-refractivity contribution in [1.82, 2.24) is 0 Å². The number of ketones is 1. The SMILES string of the molecule is COc1ccc(C(=O)c2ccccc2O)c(O)c1.COc1cccc(-c2cc(=O)c3ccc(OC)cc3o2)c1. The van der Waals surface area contributed by atoms with Crippen LogP contribution in [0.5, 0.6) is 28.7 Å². The molecule has 39 heavy (non-hydrogen) atoms. The van der Waals surface area contributed by atoms with E-state index in [4.69, 9.17) is 18.6 Å². The van der Waals surface area contributed by atoms with Crippen molar-refractivity contribution in [1.29, 1.82) is 0 Å². The van der Waals surface area contributed by atoms with Crippen LogP contribution in [0.2, 0.25) is 0 Å². The van der Waals surface area contributed by atoms with Crippen molar-refractivity contribution >= 4 is 16.8 Å². The van der Waals surface area contributed by atoms with Crippen LogP contribution in [0.15, 0.2) is 100 Å². The van der Waals surface area contributed by atoms with Gasteiger partial charge in [0.15, 0.2) is 11.2 Å². The third-order valence-corrected chi connectivity index (χ3v) is 5.89. The number of benzene rings is 4. The van der Waals surface area contributed by atoms with E-state index in [9.17, 15) is 19.8 Å². The van der Waals surface area contributed by atoms with Gasteiger partial charge in [0.1, 0.15) is 40.1 Å². The second-order valence-electron chi connectivity index (χ2n) is 8.30. The molecule has 8 nitrogen and oxygen atoms in total. The Morgan fingerprint density at radius 3 is 2.00 bits per heavy atom. The Labute approximate surface area is 224 Å². The van der Waals surface area contributed by atoms with Crippen LogP contribution in [-0.4, -0.2) is 37.3 Å². The fraction of sp³-hybridized carbons (Fsp3) is 0.0968. The van der Waals surface area contributed by atoms with E-state index in [1.807, 2.05) is 24.3 Å². The zero-order valence-corrected chi connectivity index (χ0v) is 21.5. The number of carbonyl (C=O) groups is 1. The molecule has 0 aliphatic heterocycles. The Balaban J connectivity index is 0.000000183. The molecule has 8 heteroatoms. The molecule has 0 saturated carbocycles. The predicted molar refractivity (Wildman–Crippen MR) is 147 cm³/mol. The molecule has 0 aliphatic carbocycles. The third-order valence-electron chi connectivity index (χ3n) is 5.89. The number of phenolic OH excluding ortho intramolecular Hbond substituents is 2. The molecule has 1 aromatic heterocycles. The van der Waals surface area contributed by atoms with Gasteiger partial charge in [-0.1, -0.05) is 24.3 Å². The molecule has 1 heterocycles. The van der Waals surface area contributed by atoms with Crippen molar-refractivity contribution in [3.8, 4) is 40.1 Å². The number of fused-ring (bicyclic) bond motifs is 1. The summed E-state index contributed by atoms with van der Waals surface area (Å²) in [5, 5.41) is 19.9. The van der Waals surface area contributed by atoms with E-state index in [0.717, 1.165) is 5.56 Å². The number of para-hydroxylation sites is 1. The molecule has 0 radical (unpaired) electrons. The average molecular weight is 527 g/mol. The monoisotopic (exact) mass is 526 g/mol. The third kappa shape index (κ3) is 6.02. The van der Waals surface area contributed by atoms with Crippen LogP contribution in [0.25, 0.3) is 22.3 Å². The van der Waals surface area contributed by atoms with Gasteiger partial charge in [-0.15, -0.1) is 0 Å². The molecule has 0 bridgehead atoms. The largest absolute Gasteiger partial charge is 0.507 e. The van der Waals surface area contributed by atoms with Crippen LogP contribution in [0.1, 0.15) is 15.9 Å². The second kappa shape index (κ2) is 11.9. The van der Waals surface area contributed by atoms with Gasteiger partial charge < -0.3 is 28.8 Å². The molecule has 0 fully saturated rings. The van der Waals surface area contributed by atoms with Crippen molar-refractivity contribution in [3.63, 3.8) is 0 Å². The van der Waals surface area contributed by atoms with Gasteiger partial charge in [0.2, 0.25) is 0 Å². The molecule has 4 aromatic carbocycles. The van der Waals surface area contributed by atoms with E-state index in [1.165, 1.54) is 37.4 Å². The normalized spacial score (nSPS) is 10.3. The summed E-state index contributed by atoms with van der Waals surface area (Å²) in [5.41, 5.74) is 1.47. The number of carbonyl (C=O) groups excluding carboxylic acids is 1. The first-order valence-corrected chi connectivity index (χ1v) is 11.8. The molecule has 198 valence electrons. The van der Waals surface area contributed by atoms with Crippen molar-refractivity contribution in [2.45, 2.75) is 0 Å². The Bertz CT molecular complexity index is 1690. The maximum absolute atomic E-state index is 12.2. The molecule has 5 aromatic rings. The summed E-state index contributed by atoms with van der Waals surface area (Å²) >= 11 is 0. The molecule has 0 spiro atoms. The lowest BCUT2D eigenvalue weighted by Gasteiger charge is -2.07. The predicted octanol–water partition coefficient (Wildman–Crippen LogP) is 5.81. The molecular weight excluding hydrogens is 500 g/mol. The Hall–Kier alpha value is -5.24. The van der Waals surface area contributed by atoms with Crippen LogP contribution in [-0.2, 0) is 0 Å². The first-order chi connectivity index (χ1) is 18.8. The molecular formula is C31H26O8. The smallest absolute Gasteiger partial charge is 0.200 e. The summed E-state index contributed by atoms with van der Waals surface area (Å²) in [6.45, 7) is 0. The van der Waals surface area contributed by atoms with Gasteiger partial charge in [0.25, 0.3) is 0 Å². The standard InChI is InChI=1S/C17H14O4.C14H12O4/c1-19-12-5-3-4-11(8-12)16-10-15(18)14-7-6-13(20-2)9-17(14)21-16;1-18-9-6-7-11(13(16)8-9)14(17)10-4-2-3-5-12(10)15/h3-10H,1-2H3;2-8,15-16H,1H3. The van der Waals surface area contributed by atoms with E-state index in [1.54, 1.807) is 50.6 Å². The van der Waals surface area contributed by atoms with Crippen molar-refractivity contribution in [3.05, 3.63) is 112 Å². The molecule has 0 saturated heterocycles. The Morgan fingerprint density at radius 2 is 1.31 bits per heavy atom. The van der Waals surface area contributed by atoms with Gasteiger partial charge in [0.05, 0.1) is 37.8 Å². The van der Waals surface area contributed by atoms with Crippen LogP contribution in [0.4, 0.5) is 0 Å². The number of rotatable bonds is 6. The summed E-state index contributed by atoms with van der Waals surface area (Å²) in [7, 11) is 4.64. The fourth-order valence-corrected chi connectivity index (χ4v) is 3.82. The number of phenols is 2. The lowest BCUT2D eigenvalue weighted by molar-refractivity contribution is 0.103. The quantitative estimate of drug-likeness (QED) is 0.266. The van der Waals surface area contributed by atoms with Gasteiger partial charge in [-0.3, -0.25) is 9.59 Å². The highest BCUT2D eigenvalue weighted by Gasteiger charge is 2.17. The van der Waals surface area contributed by atoms with E-state index in [0.29, 0.717) is 34.0 Å². The lowest BCUT2D eigenvalue weighted by Crippen LogP contribution is -2.02. The Kier molecular flexibility index (Phi) is 8.16. The van der Waals surface area contributed by atoms with Crippen LogP contribution in [0.3, 0.4) is 0 Å². The summed E-state index contributed by atoms with van der Waals surface area (Å²) in [6.07, 6.45) is 0. The molecule has 2 N–H and O–H groups in total. The maximum atomic E-state index is 12.2. The lowest BCUT2D eigenvalue weighted by atomic mass is 10.0. The maximum Gasteiger partial charge on any atom is 0.200 e. The summed E-state index contributed by atoms with van der Waals surface area (Å²) in [5.74, 6) is 1.59. The highest BCUT2D eigenvalue weighted by molar-refractivity contribution is 6.12. The summed E-state index contributed by atoms with van der Waals surface area (Å²) < 4.78 is 21.1. The van der Waals surface area contributed by atoms with E-state index in [2.05, 4.69) is 0 Å². The zero-order chi connectivity index (χ0) is 27.9. The second-order valence-corrected chi connectivity index (χ2v) is 8.30. The van der Waals surface area contributed by atoms with Crippen LogP contribution < -0.4 is 19.6 Å². The number of hydrogen-bond donors (Lipinski definition) is 2. The fourth-order valence-electron chi connectivity index (χ4n) is 3.82. The van der Waals surface area contributed by atoms with E-state index < -0.39 is 5.78 Å². The molecule has 0 atom stereocenters. The topological polar surface area (TPSA) is 115 Å². The molecule has 0 aliphatic rings. The number of aromatic hydroxyl groups is 2. The molecule has 0 unspecified atom stereocenters. The zero-order valence-electron chi connectivity index (χ0n) is 21.5. The minimum absolute atomic E-state index is 0.0864. The highest BCUT2D eigenvalue weighted by atomic mass is 16.5. The Morgan fingerprint density at radius 1 is 0.667 bits per heavy atom. The highest BCUT2D eigenvalue weighted by Crippen LogP contribution is 2.29. The average Bonchev–Trinajstić information content (AvgIpc) is 2.97. The number of ether oxygens (including phenoxy) is 3.